The summed E-state index contributed by atoms with van der Waals surface area (Å²) in [5, 5.41) is 3.89. The van der Waals surface area contributed by atoms with Crippen LogP contribution in [-0.4, -0.2) is 42.2 Å². The molecular formula is C27H35N5. The highest BCUT2D eigenvalue weighted by molar-refractivity contribution is 6.13. The van der Waals surface area contributed by atoms with Crippen LogP contribution in [-0.2, 0) is 0 Å². The Labute approximate surface area is 191 Å². The van der Waals surface area contributed by atoms with Gasteiger partial charge in [-0.2, -0.15) is 0 Å². The molecule has 6 rings (SSSR count). The number of aliphatic imine (C=N–C) groups is 4. The number of hydrogen-bond donors (Lipinski definition) is 1. The molecule has 2 bridgehead atoms. The maximum absolute atomic E-state index is 5.00. The molecule has 2 heterocycles. The molecule has 1 aromatic rings. The summed E-state index contributed by atoms with van der Waals surface area (Å²) in [5.74, 6) is 2.80. The largest absolute Gasteiger partial charge is 0.382 e. The first-order chi connectivity index (χ1) is 15.6. The minimum atomic E-state index is 0.311. The van der Waals surface area contributed by atoms with E-state index in [9.17, 15) is 0 Å². The maximum atomic E-state index is 5.00. The number of fused-ring (bicyclic) bond motifs is 2. The van der Waals surface area contributed by atoms with Crippen LogP contribution in [0.1, 0.15) is 77.2 Å². The minimum Gasteiger partial charge on any atom is -0.382 e. The molecule has 1 atom stereocenters. The standard InChI is InChI=1S/C27H35N5/c1-3-5-24-28-16-23(32-24)27-12-10-26(17-27,11-13-27)18(2)30-21-7-4-6-20(14-21)22-15-29-25(31-22)19-8-9-19/h4,6-7,14,18-19,30H,3,5,8-13,15-17H2,1-2H3. The van der Waals surface area contributed by atoms with Crippen molar-refractivity contribution in [3.8, 4) is 0 Å². The second-order valence-corrected chi connectivity index (χ2v) is 10.8. The van der Waals surface area contributed by atoms with E-state index in [-0.39, 0.29) is 0 Å². The molecule has 3 fully saturated rings. The van der Waals surface area contributed by atoms with Crippen LogP contribution in [0.5, 0.6) is 0 Å². The third-order valence-electron chi connectivity index (χ3n) is 8.73. The van der Waals surface area contributed by atoms with Crippen molar-refractivity contribution >= 4 is 28.8 Å². The molecule has 3 saturated carbocycles. The average molecular weight is 430 g/mol. The summed E-state index contributed by atoms with van der Waals surface area (Å²) in [7, 11) is 0. The third-order valence-corrected chi connectivity index (χ3v) is 8.73. The minimum absolute atomic E-state index is 0.311. The van der Waals surface area contributed by atoms with Crippen LogP contribution in [0.3, 0.4) is 0 Å². The third kappa shape index (κ3) is 3.45. The number of anilines is 1. The monoisotopic (exact) mass is 429 g/mol. The highest BCUT2D eigenvalue weighted by atomic mass is 15.0. The van der Waals surface area contributed by atoms with Gasteiger partial charge in [-0.05, 0) is 81.4 Å². The van der Waals surface area contributed by atoms with Crippen molar-refractivity contribution in [1.29, 1.82) is 0 Å². The van der Waals surface area contributed by atoms with Gasteiger partial charge in [0.2, 0.25) is 0 Å². The van der Waals surface area contributed by atoms with E-state index < -0.39 is 0 Å². The Morgan fingerprint density at radius 2 is 1.91 bits per heavy atom. The van der Waals surface area contributed by atoms with Gasteiger partial charge in [0.05, 0.1) is 18.8 Å². The molecule has 5 aliphatic rings. The van der Waals surface area contributed by atoms with Crippen LogP contribution in [0, 0.1) is 16.7 Å². The summed E-state index contributed by atoms with van der Waals surface area (Å²) in [6.07, 6.45) is 11.1. The molecule has 0 spiro atoms. The zero-order chi connectivity index (χ0) is 21.8. The lowest BCUT2D eigenvalue weighted by Crippen LogP contribution is -2.35. The SMILES string of the molecule is CCCC1=NCC(C23CCC(C(C)Nc4cccc(C5=NC(C6CC6)=NC5)c4)(CC2)C3)=N1. The van der Waals surface area contributed by atoms with Gasteiger partial charge in [-0.25, -0.2) is 9.98 Å². The summed E-state index contributed by atoms with van der Waals surface area (Å²) in [6, 6.07) is 9.27. The van der Waals surface area contributed by atoms with E-state index in [4.69, 9.17) is 15.0 Å². The van der Waals surface area contributed by atoms with Gasteiger partial charge in [-0.1, -0.05) is 19.1 Å². The van der Waals surface area contributed by atoms with E-state index in [0.717, 1.165) is 43.3 Å². The van der Waals surface area contributed by atoms with Crippen molar-refractivity contribution < 1.29 is 0 Å². The fraction of sp³-hybridized carbons (Fsp3) is 0.630. The van der Waals surface area contributed by atoms with Gasteiger partial charge in [0.25, 0.3) is 0 Å². The molecule has 0 amide bonds. The molecule has 32 heavy (non-hydrogen) atoms. The van der Waals surface area contributed by atoms with Crippen LogP contribution in [0.2, 0.25) is 0 Å². The summed E-state index contributed by atoms with van der Waals surface area (Å²) < 4.78 is 0. The Morgan fingerprint density at radius 1 is 1.06 bits per heavy atom. The van der Waals surface area contributed by atoms with Gasteiger partial charge in [0.15, 0.2) is 0 Å². The maximum Gasteiger partial charge on any atom is 0.127 e. The lowest BCUT2D eigenvalue weighted by atomic mass is 9.77. The van der Waals surface area contributed by atoms with Gasteiger partial charge in [-0.15, -0.1) is 0 Å². The Balaban J connectivity index is 1.14. The Bertz CT molecular complexity index is 1030. The van der Waals surface area contributed by atoms with Gasteiger partial charge < -0.3 is 5.32 Å². The normalized spacial score (nSPS) is 31.9. The van der Waals surface area contributed by atoms with E-state index >= 15 is 0 Å². The highest BCUT2D eigenvalue weighted by Gasteiger charge is 2.58. The topological polar surface area (TPSA) is 61.5 Å². The summed E-state index contributed by atoms with van der Waals surface area (Å²) >= 11 is 0. The zero-order valence-electron chi connectivity index (χ0n) is 19.5. The molecular weight excluding hydrogens is 394 g/mol. The van der Waals surface area contributed by atoms with Crippen LogP contribution in [0.4, 0.5) is 5.69 Å². The first-order valence-corrected chi connectivity index (χ1v) is 12.7. The van der Waals surface area contributed by atoms with Crippen molar-refractivity contribution in [3.05, 3.63) is 29.8 Å². The van der Waals surface area contributed by atoms with Crippen LogP contribution in [0.15, 0.2) is 44.2 Å². The Hall–Kier alpha value is -2.30. The van der Waals surface area contributed by atoms with Gasteiger partial charge >= 0.3 is 0 Å². The molecule has 1 aromatic carbocycles. The average Bonchev–Trinajstić information content (AvgIpc) is 3.21. The molecule has 5 nitrogen and oxygen atoms in total. The first kappa shape index (κ1) is 20.3. The molecule has 1 unspecified atom stereocenters. The highest BCUT2D eigenvalue weighted by Crippen LogP contribution is 2.64. The van der Waals surface area contributed by atoms with Crippen molar-refractivity contribution in [2.75, 3.05) is 18.4 Å². The number of benzene rings is 1. The molecule has 2 aliphatic heterocycles. The van der Waals surface area contributed by atoms with E-state index in [1.54, 1.807) is 0 Å². The van der Waals surface area contributed by atoms with Gasteiger partial charge in [-0.3, -0.25) is 9.98 Å². The number of hydrogen-bond acceptors (Lipinski definition) is 5. The number of amidine groups is 2. The number of rotatable bonds is 8. The lowest BCUT2D eigenvalue weighted by molar-refractivity contribution is 0.257. The number of nitrogens with one attached hydrogen (secondary N) is 1. The van der Waals surface area contributed by atoms with Crippen molar-refractivity contribution in [2.45, 2.75) is 77.7 Å². The summed E-state index contributed by atoms with van der Waals surface area (Å²) in [4.78, 5) is 19.3. The summed E-state index contributed by atoms with van der Waals surface area (Å²) in [6.45, 7) is 6.19. The number of nitrogens with zero attached hydrogens (tertiary/aromatic N) is 4. The molecule has 0 saturated heterocycles. The van der Waals surface area contributed by atoms with E-state index in [1.807, 2.05) is 0 Å². The molecule has 1 N–H and O–H groups in total. The van der Waals surface area contributed by atoms with Crippen molar-refractivity contribution in [1.82, 2.24) is 0 Å². The molecule has 0 aromatic heterocycles. The molecule has 168 valence electrons. The van der Waals surface area contributed by atoms with Crippen LogP contribution in [0.25, 0.3) is 0 Å². The lowest BCUT2D eigenvalue weighted by Gasteiger charge is -2.34. The molecule has 5 heteroatoms. The quantitative estimate of drug-likeness (QED) is 0.566. The fourth-order valence-electron chi connectivity index (χ4n) is 6.54. The van der Waals surface area contributed by atoms with E-state index in [2.05, 4.69) is 48.4 Å². The second-order valence-electron chi connectivity index (χ2n) is 10.8. The zero-order valence-corrected chi connectivity index (χ0v) is 19.5. The predicted molar refractivity (Wildman–Crippen MR) is 134 cm³/mol. The Kier molecular flexibility index (Phi) is 4.85. The van der Waals surface area contributed by atoms with Crippen LogP contribution < -0.4 is 5.32 Å². The molecule has 0 radical (unpaired) electrons. The predicted octanol–water partition coefficient (Wildman–Crippen LogP) is 5.70. The first-order valence-electron chi connectivity index (χ1n) is 12.7. The van der Waals surface area contributed by atoms with E-state index in [0.29, 0.717) is 22.8 Å². The van der Waals surface area contributed by atoms with E-state index in [1.165, 1.54) is 61.9 Å². The second kappa shape index (κ2) is 7.64. The van der Waals surface area contributed by atoms with Gasteiger partial charge in [0, 0.05) is 35.2 Å². The summed E-state index contributed by atoms with van der Waals surface area (Å²) in [5.41, 5.74) is 5.63. The van der Waals surface area contributed by atoms with Gasteiger partial charge in [0.1, 0.15) is 11.7 Å². The fourth-order valence-corrected chi connectivity index (χ4v) is 6.54. The van der Waals surface area contributed by atoms with Crippen molar-refractivity contribution in [3.63, 3.8) is 0 Å². The van der Waals surface area contributed by atoms with Crippen LogP contribution >= 0.6 is 0 Å². The smallest absolute Gasteiger partial charge is 0.127 e. The van der Waals surface area contributed by atoms with Crippen molar-refractivity contribution in [2.24, 2.45) is 36.7 Å². The Morgan fingerprint density at radius 3 is 2.69 bits per heavy atom. The molecule has 3 aliphatic carbocycles.